The van der Waals surface area contributed by atoms with Gasteiger partial charge in [0.25, 0.3) is 5.91 Å². The van der Waals surface area contributed by atoms with Crippen LogP contribution in [0.5, 0.6) is 5.75 Å². The minimum atomic E-state index is -0.327. The van der Waals surface area contributed by atoms with E-state index < -0.39 is 0 Å². The minimum absolute atomic E-state index is 0.0548. The molecule has 0 aromatic heterocycles. The maximum Gasteiger partial charge on any atom is 0.257 e. The molecule has 2 aromatic carbocycles. The molecular formula is C20H22BrN3O3S. The molecule has 2 rings (SSSR count). The summed E-state index contributed by atoms with van der Waals surface area (Å²) in [5, 5.41) is 8.52. The van der Waals surface area contributed by atoms with Crippen molar-refractivity contribution < 1.29 is 14.3 Å². The molecule has 28 heavy (non-hydrogen) atoms. The number of nitrogens with one attached hydrogen (secondary N) is 3. The van der Waals surface area contributed by atoms with Crippen LogP contribution in [-0.2, 0) is 4.79 Å². The quantitative estimate of drug-likeness (QED) is 0.517. The highest BCUT2D eigenvalue weighted by atomic mass is 79.9. The summed E-state index contributed by atoms with van der Waals surface area (Å²) in [5.74, 6) is 0.308. The zero-order valence-corrected chi connectivity index (χ0v) is 18.1. The Bertz CT molecular complexity index is 856. The molecule has 2 aromatic rings. The summed E-state index contributed by atoms with van der Waals surface area (Å²) in [6.07, 6.45) is 1.32. The molecule has 0 aliphatic rings. The van der Waals surface area contributed by atoms with Gasteiger partial charge in [-0.15, -0.1) is 0 Å². The predicted molar refractivity (Wildman–Crippen MR) is 119 cm³/mol. The van der Waals surface area contributed by atoms with Crippen molar-refractivity contribution in [1.29, 1.82) is 0 Å². The maximum absolute atomic E-state index is 12.4. The Hall–Kier alpha value is -2.45. The lowest BCUT2D eigenvalue weighted by Gasteiger charge is -2.12. The zero-order valence-electron chi connectivity index (χ0n) is 15.7. The molecule has 0 heterocycles. The van der Waals surface area contributed by atoms with Gasteiger partial charge in [-0.1, -0.05) is 13.8 Å². The van der Waals surface area contributed by atoms with Crippen molar-refractivity contribution in [2.75, 3.05) is 17.2 Å². The van der Waals surface area contributed by atoms with E-state index >= 15 is 0 Å². The SMILES string of the molecule is CCCOc1ccc(C(=O)NC(=S)Nc2ccc(NC(=O)CC)cc2)cc1Br. The van der Waals surface area contributed by atoms with Crippen molar-refractivity contribution in [3.05, 3.63) is 52.5 Å². The average molecular weight is 464 g/mol. The number of benzene rings is 2. The number of halogens is 1. The van der Waals surface area contributed by atoms with Crippen LogP contribution in [0.1, 0.15) is 37.0 Å². The van der Waals surface area contributed by atoms with Gasteiger partial charge in [0, 0.05) is 23.4 Å². The van der Waals surface area contributed by atoms with E-state index in [1.165, 1.54) is 0 Å². The van der Waals surface area contributed by atoms with Crippen LogP contribution < -0.4 is 20.7 Å². The van der Waals surface area contributed by atoms with Gasteiger partial charge in [0.1, 0.15) is 5.75 Å². The third-order valence-electron chi connectivity index (χ3n) is 3.63. The van der Waals surface area contributed by atoms with Gasteiger partial charge in [-0.2, -0.15) is 0 Å². The highest BCUT2D eigenvalue weighted by Gasteiger charge is 2.11. The summed E-state index contributed by atoms with van der Waals surface area (Å²) in [6.45, 7) is 4.42. The molecule has 0 spiro atoms. The third kappa shape index (κ3) is 6.61. The Morgan fingerprint density at radius 2 is 1.68 bits per heavy atom. The van der Waals surface area contributed by atoms with Crippen LogP contribution in [0.4, 0.5) is 11.4 Å². The Morgan fingerprint density at radius 1 is 1.04 bits per heavy atom. The van der Waals surface area contributed by atoms with Crippen molar-refractivity contribution >= 4 is 56.4 Å². The highest BCUT2D eigenvalue weighted by molar-refractivity contribution is 9.10. The predicted octanol–water partition coefficient (Wildman–Crippen LogP) is 4.71. The number of thiocarbonyl (C=S) groups is 1. The molecule has 148 valence electrons. The first-order chi connectivity index (χ1) is 13.4. The minimum Gasteiger partial charge on any atom is -0.492 e. The summed E-state index contributed by atoms with van der Waals surface area (Å²) in [6, 6.07) is 12.2. The number of hydrogen-bond donors (Lipinski definition) is 3. The van der Waals surface area contributed by atoms with E-state index in [0.29, 0.717) is 40.2 Å². The maximum atomic E-state index is 12.4. The van der Waals surface area contributed by atoms with Crippen LogP contribution in [-0.4, -0.2) is 23.5 Å². The van der Waals surface area contributed by atoms with Crippen molar-refractivity contribution in [2.45, 2.75) is 26.7 Å². The van der Waals surface area contributed by atoms with E-state index in [1.54, 1.807) is 49.4 Å². The summed E-state index contributed by atoms with van der Waals surface area (Å²) >= 11 is 8.61. The van der Waals surface area contributed by atoms with E-state index in [-0.39, 0.29) is 16.9 Å². The Morgan fingerprint density at radius 3 is 2.25 bits per heavy atom. The topological polar surface area (TPSA) is 79.5 Å². The van der Waals surface area contributed by atoms with Gasteiger partial charge >= 0.3 is 0 Å². The van der Waals surface area contributed by atoms with Crippen LogP contribution in [0, 0.1) is 0 Å². The number of ether oxygens (including phenoxy) is 1. The lowest BCUT2D eigenvalue weighted by molar-refractivity contribution is -0.115. The number of rotatable bonds is 7. The second-order valence-corrected chi connectivity index (χ2v) is 7.14. The smallest absolute Gasteiger partial charge is 0.257 e. The molecule has 3 N–H and O–H groups in total. The van der Waals surface area contributed by atoms with Gasteiger partial charge in [0.2, 0.25) is 5.91 Å². The van der Waals surface area contributed by atoms with Crippen LogP contribution in [0.25, 0.3) is 0 Å². The lowest BCUT2D eigenvalue weighted by atomic mass is 10.2. The summed E-state index contributed by atoms with van der Waals surface area (Å²) in [7, 11) is 0. The first-order valence-corrected chi connectivity index (χ1v) is 10.1. The molecule has 6 nitrogen and oxygen atoms in total. The second-order valence-electron chi connectivity index (χ2n) is 5.88. The van der Waals surface area contributed by atoms with Crippen LogP contribution in [0.3, 0.4) is 0 Å². The van der Waals surface area contributed by atoms with E-state index in [2.05, 4.69) is 31.9 Å². The fraction of sp³-hybridized carbons (Fsp3) is 0.250. The average Bonchev–Trinajstić information content (AvgIpc) is 2.68. The molecule has 0 aliphatic heterocycles. The fourth-order valence-electron chi connectivity index (χ4n) is 2.20. The summed E-state index contributed by atoms with van der Waals surface area (Å²) in [4.78, 5) is 23.8. The molecule has 0 radical (unpaired) electrons. The van der Waals surface area contributed by atoms with Gasteiger partial charge in [0.05, 0.1) is 11.1 Å². The largest absolute Gasteiger partial charge is 0.492 e. The van der Waals surface area contributed by atoms with E-state index in [1.807, 2.05) is 6.92 Å². The number of hydrogen-bond acceptors (Lipinski definition) is 4. The lowest BCUT2D eigenvalue weighted by Crippen LogP contribution is -2.34. The molecule has 0 bridgehead atoms. The first-order valence-electron chi connectivity index (χ1n) is 8.87. The van der Waals surface area contributed by atoms with Crippen molar-refractivity contribution in [3.8, 4) is 5.75 Å². The van der Waals surface area contributed by atoms with Gasteiger partial charge in [0.15, 0.2) is 5.11 Å². The normalized spacial score (nSPS) is 10.1. The molecule has 0 fully saturated rings. The Labute approximate surface area is 178 Å². The van der Waals surface area contributed by atoms with Gasteiger partial charge in [-0.3, -0.25) is 14.9 Å². The Balaban J connectivity index is 1.92. The standard InChI is InChI=1S/C20H22BrN3O3S/c1-3-11-27-17-10-5-13(12-16(17)21)19(26)24-20(28)23-15-8-6-14(7-9-15)22-18(25)4-2/h5-10,12H,3-4,11H2,1-2H3,(H,22,25)(H2,23,24,26,28). The van der Waals surface area contributed by atoms with E-state index in [9.17, 15) is 9.59 Å². The molecule has 0 atom stereocenters. The number of carbonyl (C=O) groups excluding carboxylic acids is 2. The van der Waals surface area contributed by atoms with Crippen LogP contribution in [0.2, 0.25) is 0 Å². The molecule has 8 heteroatoms. The summed E-state index contributed by atoms with van der Waals surface area (Å²) in [5.41, 5.74) is 1.85. The monoisotopic (exact) mass is 463 g/mol. The number of amides is 2. The summed E-state index contributed by atoms with van der Waals surface area (Å²) < 4.78 is 6.28. The number of carbonyl (C=O) groups is 2. The van der Waals surface area contributed by atoms with Crippen LogP contribution >= 0.6 is 28.1 Å². The third-order valence-corrected chi connectivity index (χ3v) is 4.45. The first kappa shape index (κ1) is 21.8. The van der Waals surface area contributed by atoms with Crippen molar-refractivity contribution in [3.63, 3.8) is 0 Å². The van der Waals surface area contributed by atoms with Crippen molar-refractivity contribution in [2.24, 2.45) is 0 Å². The molecule has 0 saturated heterocycles. The number of anilines is 2. The van der Waals surface area contributed by atoms with Gasteiger partial charge in [-0.25, -0.2) is 0 Å². The fourth-order valence-corrected chi connectivity index (χ4v) is 2.90. The second kappa shape index (κ2) is 10.8. The van der Waals surface area contributed by atoms with Gasteiger partial charge < -0.3 is 15.4 Å². The molecule has 2 amide bonds. The highest BCUT2D eigenvalue weighted by Crippen LogP contribution is 2.26. The van der Waals surface area contributed by atoms with Gasteiger partial charge in [-0.05, 0) is 77.0 Å². The Kier molecular flexibility index (Phi) is 8.41. The zero-order chi connectivity index (χ0) is 20.5. The molecular weight excluding hydrogens is 442 g/mol. The van der Waals surface area contributed by atoms with E-state index in [4.69, 9.17) is 17.0 Å². The molecule has 0 aliphatic carbocycles. The van der Waals surface area contributed by atoms with Crippen LogP contribution in [0.15, 0.2) is 46.9 Å². The molecule has 0 saturated carbocycles. The molecule has 0 unspecified atom stereocenters. The van der Waals surface area contributed by atoms with Crippen molar-refractivity contribution in [1.82, 2.24) is 5.32 Å². The van der Waals surface area contributed by atoms with E-state index in [0.717, 1.165) is 6.42 Å².